The van der Waals surface area contributed by atoms with E-state index in [1.54, 1.807) is 19.1 Å². The molecular weight excluding hydrogens is 485 g/mol. The third-order valence-corrected chi connectivity index (χ3v) is 6.60. The Balaban J connectivity index is 2.01. The van der Waals surface area contributed by atoms with E-state index in [4.69, 9.17) is 4.74 Å². The van der Waals surface area contributed by atoms with Crippen LogP contribution in [0.2, 0.25) is 0 Å². The molecule has 0 saturated heterocycles. The molecule has 35 heavy (non-hydrogen) atoms. The zero-order valence-corrected chi connectivity index (χ0v) is 19.7. The van der Waals surface area contributed by atoms with Crippen molar-refractivity contribution < 1.29 is 26.3 Å². The highest BCUT2D eigenvalue weighted by Crippen LogP contribution is 2.29. The van der Waals surface area contributed by atoms with Gasteiger partial charge in [0.2, 0.25) is 5.56 Å². The highest BCUT2D eigenvalue weighted by Gasteiger charge is 2.28. The summed E-state index contributed by atoms with van der Waals surface area (Å²) in [4.78, 5) is 20.2. The van der Waals surface area contributed by atoms with E-state index in [0.29, 0.717) is 11.1 Å². The average molecular weight is 507 g/mol. The first-order valence-electron chi connectivity index (χ1n) is 10.4. The minimum absolute atomic E-state index is 0.00189. The van der Waals surface area contributed by atoms with Crippen LogP contribution in [0.15, 0.2) is 47.4 Å². The molecule has 0 amide bonds. The van der Waals surface area contributed by atoms with E-state index < -0.39 is 40.4 Å². The zero-order valence-electron chi connectivity index (χ0n) is 18.8. The fourth-order valence-electron chi connectivity index (χ4n) is 3.24. The van der Waals surface area contributed by atoms with Crippen molar-refractivity contribution in [2.45, 2.75) is 31.7 Å². The standard InChI is InChI=1S/C23H21F3N4O4S/c1-15-5-3-6-16(12-27)21(15)34-22-28-18(14-35(32,33)10-4-9-23(24,25)26)11-19(29-22)17-7-8-20(31)30(2)13-17/h3,5-8,11,13H,4,9-10,14H2,1-2H3. The summed E-state index contributed by atoms with van der Waals surface area (Å²) in [5.74, 6) is -1.12. The summed E-state index contributed by atoms with van der Waals surface area (Å²) in [5.41, 5.74) is 1.24. The first-order valence-corrected chi connectivity index (χ1v) is 12.2. The van der Waals surface area contributed by atoms with Gasteiger partial charge in [-0.1, -0.05) is 12.1 Å². The maximum absolute atomic E-state index is 12.5. The van der Waals surface area contributed by atoms with Crippen LogP contribution >= 0.6 is 0 Å². The number of aromatic nitrogens is 3. The number of pyridine rings is 1. The number of benzene rings is 1. The maximum atomic E-state index is 12.5. The Labute approximate surface area is 199 Å². The Bertz CT molecular complexity index is 1440. The normalized spacial score (nSPS) is 11.8. The van der Waals surface area contributed by atoms with Gasteiger partial charge in [-0.2, -0.15) is 28.4 Å². The van der Waals surface area contributed by atoms with Gasteiger partial charge in [0.1, 0.15) is 6.07 Å². The van der Waals surface area contributed by atoms with Crippen molar-refractivity contribution in [1.82, 2.24) is 14.5 Å². The number of hydrogen-bond donors (Lipinski definition) is 0. The van der Waals surface area contributed by atoms with E-state index in [2.05, 4.69) is 9.97 Å². The van der Waals surface area contributed by atoms with Crippen molar-refractivity contribution in [2.24, 2.45) is 7.05 Å². The lowest BCUT2D eigenvalue weighted by molar-refractivity contribution is -0.134. The molecule has 0 radical (unpaired) electrons. The highest BCUT2D eigenvalue weighted by molar-refractivity contribution is 7.90. The number of aryl methyl sites for hydroxylation is 2. The van der Waals surface area contributed by atoms with Crippen LogP contribution in [-0.2, 0) is 22.6 Å². The molecule has 2 heterocycles. The molecule has 2 aromatic heterocycles. The quantitative estimate of drug-likeness (QED) is 0.452. The average Bonchev–Trinajstić information content (AvgIpc) is 2.75. The van der Waals surface area contributed by atoms with Crippen LogP contribution < -0.4 is 10.3 Å². The lowest BCUT2D eigenvalue weighted by Crippen LogP contribution is -2.15. The minimum atomic E-state index is -4.45. The number of halogens is 3. The number of hydrogen-bond acceptors (Lipinski definition) is 7. The summed E-state index contributed by atoms with van der Waals surface area (Å²) in [7, 11) is -2.40. The number of rotatable bonds is 8. The van der Waals surface area contributed by atoms with E-state index in [0.717, 1.165) is 0 Å². The second-order valence-electron chi connectivity index (χ2n) is 7.87. The van der Waals surface area contributed by atoms with E-state index in [9.17, 15) is 31.6 Å². The Morgan fingerprint density at radius 3 is 2.57 bits per heavy atom. The van der Waals surface area contributed by atoms with E-state index in [1.807, 2.05) is 6.07 Å². The number of alkyl halides is 3. The summed E-state index contributed by atoms with van der Waals surface area (Å²) >= 11 is 0. The molecule has 0 atom stereocenters. The van der Waals surface area contributed by atoms with Crippen molar-refractivity contribution in [3.05, 3.63) is 69.8 Å². The highest BCUT2D eigenvalue weighted by atomic mass is 32.2. The molecule has 0 aliphatic rings. The molecule has 0 unspecified atom stereocenters. The van der Waals surface area contributed by atoms with Gasteiger partial charge in [-0.05, 0) is 37.1 Å². The fourth-order valence-corrected chi connectivity index (χ4v) is 4.57. The molecule has 8 nitrogen and oxygen atoms in total. The largest absolute Gasteiger partial charge is 0.423 e. The summed E-state index contributed by atoms with van der Waals surface area (Å²) in [6, 6.07) is 10.8. The number of nitrogens with zero attached hydrogens (tertiary/aromatic N) is 4. The van der Waals surface area contributed by atoms with Gasteiger partial charge in [0, 0.05) is 31.3 Å². The predicted octanol–water partition coefficient (Wildman–Crippen LogP) is 4.07. The minimum Gasteiger partial charge on any atom is -0.423 e. The molecule has 0 saturated carbocycles. The number of sulfone groups is 1. The van der Waals surface area contributed by atoms with Gasteiger partial charge >= 0.3 is 12.2 Å². The van der Waals surface area contributed by atoms with Crippen LogP contribution in [0.5, 0.6) is 11.8 Å². The second kappa shape index (κ2) is 10.3. The molecular formula is C23H21F3N4O4S. The Hall–Kier alpha value is -3.72. The van der Waals surface area contributed by atoms with Crippen molar-refractivity contribution in [1.29, 1.82) is 5.26 Å². The van der Waals surface area contributed by atoms with Gasteiger partial charge in [-0.25, -0.2) is 8.42 Å². The first kappa shape index (κ1) is 25.9. The molecule has 3 aromatic rings. The third kappa shape index (κ3) is 7.13. The lowest BCUT2D eigenvalue weighted by Gasteiger charge is -2.12. The molecule has 3 rings (SSSR count). The van der Waals surface area contributed by atoms with Crippen molar-refractivity contribution in [3.63, 3.8) is 0 Å². The summed E-state index contributed by atoms with van der Waals surface area (Å²) in [6.45, 7) is 1.71. The second-order valence-corrected chi connectivity index (χ2v) is 10.1. The third-order valence-electron chi connectivity index (χ3n) is 4.95. The Kier molecular flexibility index (Phi) is 7.60. The van der Waals surface area contributed by atoms with Crippen LogP contribution in [0, 0.1) is 18.3 Å². The van der Waals surface area contributed by atoms with Crippen molar-refractivity contribution >= 4 is 9.84 Å². The van der Waals surface area contributed by atoms with Gasteiger partial charge < -0.3 is 9.30 Å². The number of para-hydroxylation sites is 1. The Morgan fingerprint density at radius 1 is 1.17 bits per heavy atom. The van der Waals surface area contributed by atoms with Gasteiger partial charge in [0.15, 0.2) is 15.6 Å². The van der Waals surface area contributed by atoms with Crippen LogP contribution in [0.25, 0.3) is 11.3 Å². The summed E-state index contributed by atoms with van der Waals surface area (Å²) in [6.07, 6.45) is -4.74. The molecule has 0 spiro atoms. The SMILES string of the molecule is Cc1cccc(C#N)c1Oc1nc(CS(=O)(=O)CCCC(F)(F)F)cc(-c2ccc(=O)n(C)c2)n1. The Morgan fingerprint density at radius 2 is 1.91 bits per heavy atom. The lowest BCUT2D eigenvalue weighted by atomic mass is 10.1. The topological polar surface area (TPSA) is 115 Å². The van der Waals surface area contributed by atoms with Crippen molar-refractivity contribution in [3.8, 4) is 29.1 Å². The molecule has 1 aromatic carbocycles. The van der Waals surface area contributed by atoms with E-state index in [1.165, 1.54) is 42.1 Å². The van der Waals surface area contributed by atoms with Gasteiger partial charge in [-0.3, -0.25) is 4.79 Å². The van der Waals surface area contributed by atoms with Crippen molar-refractivity contribution in [2.75, 3.05) is 5.75 Å². The molecule has 0 bridgehead atoms. The molecule has 12 heteroatoms. The predicted molar refractivity (Wildman–Crippen MR) is 121 cm³/mol. The van der Waals surface area contributed by atoms with Crippen LogP contribution in [0.1, 0.15) is 29.7 Å². The monoisotopic (exact) mass is 506 g/mol. The zero-order chi connectivity index (χ0) is 25.8. The summed E-state index contributed by atoms with van der Waals surface area (Å²) < 4.78 is 69.4. The van der Waals surface area contributed by atoms with Crippen LogP contribution in [0.3, 0.4) is 0 Å². The molecule has 0 fully saturated rings. The summed E-state index contributed by atoms with van der Waals surface area (Å²) in [5, 5.41) is 9.39. The van der Waals surface area contributed by atoms with E-state index in [-0.39, 0.29) is 34.3 Å². The fraction of sp³-hybridized carbons (Fsp3) is 0.304. The van der Waals surface area contributed by atoms with Gasteiger partial charge in [-0.15, -0.1) is 0 Å². The number of nitriles is 1. The van der Waals surface area contributed by atoms with Crippen LogP contribution in [0.4, 0.5) is 13.2 Å². The number of ether oxygens (including phenoxy) is 1. The smallest absolute Gasteiger partial charge is 0.389 e. The van der Waals surface area contributed by atoms with Gasteiger partial charge in [0.05, 0.1) is 28.5 Å². The molecule has 184 valence electrons. The molecule has 0 N–H and O–H groups in total. The van der Waals surface area contributed by atoms with E-state index >= 15 is 0 Å². The molecule has 0 aliphatic heterocycles. The maximum Gasteiger partial charge on any atom is 0.389 e. The first-order chi connectivity index (χ1) is 16.4. The molecule has 0 aliphatic carbocycles. The van der Waals surface area contributed by atoms with Crippen LogP contribution in [-0.4, -0.2) is 34.9 Å². The van der Waals surface area contributed by atoms with Gasteiger partial charge in [0.25, 0.3) is 0 Å².